The summed E-state index contributed by atoms with van der Waals surface area (Å²) in [6.07, 6.45) is 1.99. The van der Waals surface area contributed by atoms with E-state index in [4.69, 9.17) is 11.6 Å². The van der Waals surface area contributed by atoms with Crippen LogP contribution in [0.15, 0.2) is 48.5 Å². The van der Waals surface area contributed by atoms with Crippen LogP contribution in [0.4, 0.5) is 5.69 Å². The van der Waals surface area contributed by atoms with Crippen LogP contribution in [0.2, 0.25) is 5.02 Å². The monoisotopic (exact) mass is 507 g/mol. The van der Waals surface area contributed by atoms with E-state index in [0.717, 1.165) is 16.1 Å². The summed E-state index contributed by atoms with van der Waals surface area (Å²) in [5, 5.41) is 3.28. The molecule has 0 aliphatic rings. The van der Waals surface area contributed by atoms with Crippen LogP contribution >= 0.6 is 11.6 Å². The number of hydrogen-bond donors (Lipinski definition) is 1. The van der Waals surface area contributed by atoms with E-state index >= 15 is 0 Å². The standard InChI is InChI=1S/C25H34ClN3O4S/c1-6-22(25(31)27-18(2)3)28(16-15-20-11-8-7-9-12-20)24(30)17-29(34(5,32)33)23-14-10-13-21(26)19(23)4/h7-14,18,22H,6,15-17H2,1-5H3,(H,27,31)/t22-/m1/s1. The number of hydrogen-bond acceptors (Lipinski definition) is 4. The first-order valence-electron chi connectivity index (χ1n) is 11.3. The molecule has 186 valence electrons. The van der Waals surface area contributed by atoms with E-state index in [0.29, 0.717) is 29.1 Å². The topological polar surface area (TPSA) is 86.8 Å². The molecular weight excluding hydrogens is 474 g/mol. The number of halogens is 1. The van der Waals surface area contributed by atoms with Crippen LogP contribution in [0, 0.1) is 6.92 Å². The van der Waals surface area contributed by atoms with E-state index < -0.39 is 28.5 Å². The summed E-state index contributed by atoms with van der Waals surface area (Å²) in [5.74, 6) is -0.713. The van der Waals surface area contributed by atoms with Gasteiger partial charge in [-0.25, -0.2) is 8.42 Å². The van der Waals surface area contributed by atoms with Crippen molar-refractivity contribution in [3.63, 3.8) is 0 Å². The third kappa shape index (κ3) is 7.46. The highest BCUT2D eigenvalue weighted by Gasteiger charge is 2.32. The highest BCUT2D eigenvalue weighted by atomic mass is 35.5. The number of anilines is 1. The molecule has 0 fully saturated rings. The molecule has 1 atom stereocenters. The van der Waals surface area contributed by atoms with Crippen molar-refractivity contribution in [2.45, 2.75) is 52.6 Å². The number of benzene rings is 2. The Bertz CT molecular complexity index is 1090. The van der Waals surface area contributed by atoms with Gasteiger partial charge in [-0.1, -0.05) is 54.9 Å². The Morgan fingerprint density at radius 2 is 1.71 bits per heavy atom. The number of rotatable bonds is 11. The lowest BCUT2D eigenvalue weighted by molar-refractivity contribution is -0.139. The predicted octanol–water partition coefficient (Wildman–Crippen LogP) is 3.79. The van der Waals surface area contributed by atoms with E-state index in [2.05, 4.69) is 5.32 Å². The summed E-state index contributed by atoms with van der Waals surface area (Å²) < 4.78 is 26.4. The smallest absolute Gasteiger partial charge is 0.244 e. The average molecular weight is 508 g/mol. The maximum Gasteiger partial charge on any atom is 0.244 e. The first-order valence-corrected chi connectivity index (χ1v) is 13.5. The van der Waals surface area contributed by atoms with Gasteiger partial charge in [-0.3, -0.25) is 13.9 Å². The minimum absolute atomic E-state index is 0.0887. The molecule has 2 aromatic carbocycles. The minimum atomic E-state index is -3.80. The van der Waals surface area contributed by atoms with E-state index in [1.165, 1.54) is 4.90 Å². The molecule has 0 heterocycles. The third-order valence-corrected chi connectivity index (χ3v) is 7.02. The molecule has 7 nitrogen and oxygen atoms in total. The van der Waals surface area contributed by atoms with Crippen molar-refractivity contribution in [1.29, 1.82) is 0 Å². The van der Waals surface area contributed by atoms with Crippen molar-refractivity contribution in [3.05, 3.63) is 64.7 Å². The Balaban J connectivity index is 2.40. The number of sulfonamides is 1. The normalized spacial score (nSPS) is 12.3. The first-order chi connectivity index (χ1) is 16.0. The molecule has 0 unspecified atom stereocenters. The number of amides is 2. The average Bonchev–Trinajstić information content (AvgIpc) is 2.76. The summed E-state index contributed by atoms with van der Waals surface area (Å²) in [5.41, 5.74) is 1.92. The molecule has 0 aliphatic carbocycles. The first kappa shape index (κ1) is 27.7. The molecular formula is C25H34ClN3O4S. The van der Waals surface area contributed by atoms with Crippen LogP contribution in [0.5, 0.6) is 0 Å². The van der Waals surface area contributed by atoms with Crippen LogP contribution in [0.25, 0.3) is 0 Å². The highest BCUT2D eigenvalue weighted by Crippen LogP contribution is 2.28. The lowest BCUT2D eigenvalue weighted by Gasteiger charge is -2.33. The SMILES string of the molecule is CC[C@H](C(=O)NC(C)C)N(CCc1ccccc1)C(=O)CN(c1cccc(Cl)c1C)S(C)(=O)=O. The predicted molar refractivity (Wildman–Crippen MR) is 138 cm³/mol. The summed E-state index contributed by atoms with van der Waals surface area (Å²) in [6.45, 7) is 7.10. The van der Waals surface area contributed by atoms with Crippen molar-refractivity contribution in [1.82, 2.24) is 10.2 Å². The Morgan fingerprint density at radius 3 is 2.26 bits per heavy atom. The zero-order valence-electron chi connectivity index (χ0n) is 20.4. The number of carbonyl (C=O) groups excluding carboxylic acids is 2. The van der Waals surface area contributed by atoms with Gasteiger partial charge in [0.15, 0.2) is 0 Å². The molecule has 0 bridgehead atoms. The van der Waals surface area contributed by atoms with Gasteiger partial charge >= 0.3 is 0 Å². The lowest BCUT2D eigenvalue weighted by atomic mass is 10.1. The van der Waals surface area contributed by atoms with Gasteiger partial charge in [-0.2, -0.15) is 0 Å². The van der Waals surface area contributed by atoms with Gasteiger partial charge in [-0.05, 0) is 56.9 Å². The molecule has 0 aromatic heterocycles. The fraction of sp³-hybridized carbons (Fsp3) is 0.440. The van der Waals surface area contributed by atoms with Gasteiger partial charge in [0.1, 0.15) is 12.6 Å². The summed E-state index contributed by atoms with van der Waals surface area (Å²) >= 11 is 6.22. The van der Waals surface area contributed by atoms with Crippen LogP contribution < -0.4 is 9.62 Å². The second-order valence-corrected chi connectivity index (χ2v) is 10.9. The van der Waals surface area contributed by atoms with E-state index in [1.807, 2.05) is 51.1 Å². The largest absolute Gasteiger partial charge is 0.352 e. The van der Waals surface area contributed by atoms with Crippen molar-refractivity contribution < 1.29 is 18.0 Å². The Kier molecular flexibility index (Phi) is 9.94. The Hall–Kier alpha value is -2.58. The molecule has 2 aromatic rings. The number of nitrogens with one attached hydrogen (secondary N) is 1. The summed E-state index contributed by atoms with van der Waals surface area (Å²) in [6, 6.07) is 13.8. The molecule has 9 heteroatoms. The zero-order chi connectivity index (χ0) is 25.5. The lowest BCUT2D eigenvalue weighted by Crippen LogP contribution is -2.54. The van der Waals surface area contributed by atoms with Crippen LogP contribution in [0.1, 0.15) is 38.3 Å². The number of carbonyl (C=O) groups is 2. The zero-order valence-corrected chi connectivity index (χ0v) is 22.0. The van der Waals surface area contributed by atoms with Crippen LogP contribution in [0.3, 0.4) is 0 Å². The van der Waals surface area contributed by atoms with Crippen LogP contribution in [-0.2, 0) is 26.0 Å². The molecule has 0 aliphatic heterocycles. The van der Waals surface area contributed by atoms with Crippen molar-refractivity contribution >= 4 is 39.1 Å². The summed E-state index contributed by atoms with van der Waals surface area (Å²) in [7, 11) is -3.80. The van der Waals surface area contributed by atoms with E-state index in [-0.39, 0.29) is 18.5 Å². The molecule has 2 rings (SSSR count). The van der Waals surface area contributed by atoms with Crippen LogP contribution in [-0.4, -0.2) is 56.6 Å². The molecule has 2 amide bonds. The Labute approximate surface area is 208 Å². The fourth-order valence-electron chi connectivity index (χ4n) is 3.74. The van der Waals surface area contributed by atoms with Crippen molar-refractivity contribution in [3.8, 4) is 0 Å². The molecule has 0 saturated heterocycles. The van der Waals surface area contributed by atoms with Gasteiger partial charge in [0, 0.05) is 17.6 Å². The van der Waals surface area contributed by atoms with E-state index in [9.17, 15) is 18.0 Å². The van der Waals surface area contributed by atoms with E-state index in [1.54, 1.807) is 25.1 Å². The van der Waals surface area contributed by atoms with Crippen molar-refractivity contribution in [2.75, 3.05) is 23.7 Å². The van der Waals surface area contributed by atoms with Gasteiger partial charge in [0.25, 0.3) is 0 Å². The second kappa shape index (κ2) is 12.2. The number of nitrogens with zero attached hydrogens (tertiary/aromatic N) is 2. The molecule has 0 saturated carbocycles. The molecule has 0 radical (unpaired) electrons. The van der Waals surface area contributed by atoms with Gasteiger partial charge in [0.05, 0.1) is 11.9 Å². The van der Waals surface area contributed by atoms with Gasteiger partial charge in [0.2, 0.25) is 21.8 Å². The third-order valence-electron chi connectivity index (χ3n) is 5.49. The second-order valence-electron chi connectivity index (χ2n) is 8.56. The molecule has 0 spiro atoms. The quantitative estimate of drug-likeness (QED) is 0.501. The Morgan fingerprint density at radius 1 is 1.06 bits per heavy atom. The van der Waals surface area contributed by atoms with Crippen molar-refractivity contribution in [2.24, 2.45) is 0 Å². The summed E-state index contributed by atoms with van der Waals surface area (Å²) in [4.78, 5) is 28.0. The highest BCUT2D eigenvalue weighted by molar-refractivity contribution is 7.92. The molecule has 34 heavy (non-hydrogen) atoms. The fourth-order valence-corrected chi connectivity index (χ4v) is 4.81. The van der Waals surface area contributed by atoms with Gasteiger partial charge in [-0.15, -0.1) is 0 Å². The maximum absolute atomic E-state index is 13.6. The van der Waals surface area contributed by atoms with Gasteiger partial charge < -0.3 is 10.2 Å². The minimum Gasteiger partial charge on any atom is -0.352 e. The maximum atomic E-state index is 13.6. The molecule has 1 N–H and O–H groups in total.